The number of rotatable bonds is 18. The van der Waals surface area contributed by atoms with Gasteiger partial charge in [0.15, 0.2) is 21.9 Å². The van der Waals surface area contributed by atoms with Gasteiger partial charge in [-0.15, -0.1) is 0 Å². The molecule has 6 N–H and O–H groups in total. The maximum absolute atomic E-state index is 12.8. The Morgan fingerprint density at radius 2 is 1.00 bits per heavy atom. The molecule has 2 aliphatic heterocycles. The predicted molar refractivity (Wildman–Crippen MR) is 308 cm³/mol. The number of aromatic amines is 2. The Balaban J connectivity index is 0.000000391. The second-order valence-corrected chi connectivity index (χ2v) is 20.7. The SMILES string of the molecule is Cc1cc(Nc2cc(N3CCC3)nc(Sc3ccc(NC(=O)c4ccc(CN(C)C)cc4)cc3)n2)n[nH]1.Cc1cc(Nc2cc(N3CCC3)nc(Sc3ccc(NC(=O)c4cccc(CN(C)C)c4)cc3)n2)n[nH]1.[HH].[HH].[HH].[HH].[HH].[HH]. The molecule has 2 fully saturated rings. The molecule has 20 heteroatoms. The maximum Gasteiger partial charge on any atom is 0.255 e. The van der Waals surface area contributed by atoms with E-state index in [1.165, 1.54) is 41.9 Å². The molecule has 0 atom stereocenters. The summed E-state index contributed by atoms with van der Waals surface area (Å²) < 4.78 is 0. The number of hydrogen-bond donors (Lipinski definition) is 6. The molecule has 0 unspecified atom stereocenters. The van der Waals surface area contributed by atoms with Gasteiger partial charge in [-0.05, 0) is 162 Å². The van der Waals surface area contributed by atoms with Crippen molar-refractivity contribution in [3.8, 4) is 0 Å². The van der Waals surface area contributed by atoms with Crippen molar-refractivity contribution >= 4 is 81.6 Å². The van der Waals surface area contributed by atoms with Crippen LogP contribution < -0.4 is 31.1 Å². The standard InChI is InChI=1S/2C27H30N8OS.6H2/c1-18-15-24(33-32-18)29-23-16-25(35-13-4-14-35)31-27(30-23)37-22-11-9-21(10-12-22)28-26(36)20-7-5-19(6-8-20)17-34(2)3;1-18-14-24(33-32-18)29-23-16-25(35-12-5-13-35)31-27(30-23)37-22-10-8-21(9-11-22)28-26(36)20-7-4-6-19(15-20)17-34(2)3;;;;;;/h5-12,15-16H,4,13-14,17H2,1-3H3,(H,28,36)(H2,29,30,31,32,33);4,6-11,14-16H,5,12-13,17H2,1-3H3,(H,28,36)(H2,29,30,31,32,33);6*1H. The summed E-state index contributed by atoms with van der Waals surface area (Å²) in [4.78, 5) is 55.0. The van der Waals surface area contributed by atoms with Crippen molar-refractivity contribution in [3.05, 3.63) is 155 Å². The predicted octanol–water partition coefficient (Wildman–Crippen LogP) is 11.3. The van der Waals surface area contributed by atoms with Gasteiger partial charge in [-0.25, -0.2) is 19.9 Å². The molecule has 2 saturated heterocycles. The van der Waals surface area contributed by atoms with Gasteiger partial charge >= 0.3 is 0 Å². The Morgan fingerprint density at radius 3 is 1.42 bits per heavy atom. The van der Waals surface area contributed by atoms with E-state index >= 15 is 0 Å². The molecule has 0 saturated carbocycles. The van der Waals surface area contributed by atoms with E-state index in [1.807, 2.05) is 163 Å². The van der Waals surface area contributed by atoms with Crippen LogP contribution in [0.25, 0.3) is 0 Å². The highest BCUT2D eigenvalue weighted by Gasteiger charge is 2.21. The zero-order chi connectivity index (χ0) is 51.6. The summed E-state index contributed by atoms with van der Waals surface area (Å²) in [5, 5.41) is 28.2. The lowest BCUT2D eigenvalue weighted by Crippen LogP contribution is -2.37. The molecule has 0 radical (unpaired) electrons. The number of benzene rings is 4. The van der Waals surface area contributed by atoms with Gasteiger partial charge in [0.2, 0.25) is 0 Å². The van der Waals surface area contributed by atoms with E-state index in [4.69, 9.17) is 19.9 Å². The minimum atomic E-state index is -0.133. The maximum atomic E-state index is 12.8. The average molecular weight is 1040 g/mol. The molecular weight excluding hydrogens is 969 g/mol. The van der Waals surface area contributed by atoms with Crippen LogP contribution in [0.4, 0.5) is 46.3 Å². The summed E-state index contributed by atoms with van der Waals surface area (Å²) in [6, 6.07) is 38.6. The van der Waals surface area contributed by atoms with Crippen LogP contribution in [0.1, 0.15) is 64.6 Å². The van der Waals surface area contributed by atoms with E-state index in [-0.39, 0.29) is 20.4 Å². The number of aryl methyl sites for hydroxylation is 2. The number of hydrogen-bond acceptors (Lipinski definition) is 16. The van der Waals surface area contributed by atoms with Crippen LogP contribution in [0.5, 0.6) is 0 Å². The van der Waals surface area contributed by atoms with Crippen molar-refractivity contribution in [2.45, 2.75) is 59.9 Å². The van der Waals surface area contributed by atoms with Crippen molar-refractivity contribution in [1.29, 1.82) is 0 Å². The van der Waals surface area contributed by atoms with Gasteiger partial charge in [-0.1, -0.05) is 24.3 Å². The minimum absolute atomic E-state index is 0. The zero-order valence-electron chi connectivity index (χ0n) is 42.3. The highest BCUT2D eigenvalue weighted by molar-refractivity contribution is 7.99. The third kappa shape index (κ3) is 14.2. The van der Waals surface area contributed by atoms with Crippen molar-refractivity contribution < 1.29 is 18.1 Å². The van der Waals surface area contributed by atoms with Gasteiger partial charge in [0.1, 0.15) is 23.3 Å². The van der Waals surface area contributed by atoms with Gasteiger partial charge in [0, 0.05) is 116 Å². The molecule has 2 aliphatic rings. The van der Waals surface area contributed by atoms with Gasteiger partial charge in [0.05, 0.1) is 0 Å². The first-order valence-corrected chi connectivity index (χ1v) is 26.0. The molecule has 4 aromatic heterocycles. The number of H-pyrrole nitrogens is 2. The Bertz CT molecular complexity index is 3200. The van der Waals surface area contributed by atoms with Gasteiger partial charge in [-0.2, -0.15) is 10.2 Å². The molecule has 2 amide bonds. The zero-order valence-corrected chi connectivity index (χ0v) is 43.9. The summed E-state index contributed by atoms with van der Waals surface area (Å²) in [5.74, 6) is 4.38. The van der Waals surface area contributed by atoms with Crippen molar-refractivity contribution in [1.82, 2.24) is 50.1 Å². The smallest absolute Gasteiger partial charge is 0.255 e. The summed E-state index contributed by atoms with van der Waals surface area (Å²) in [6.07, 6.45) is 2.34. The molecule has 74 heavy (non-hydrogen) atoms. The first-order valence-electron chi connectivity index (χ1n) is 24.3. The van der Waals surface area contributed by atoms with Crippen molar-refractivity contribution in [2.75, 3.05) is 85.4 Å². The Labute approximate surface area is 448 Å². The lowest BCUT2D eigenvalue weighted by Gasteiger charge is -2.32. The molecule has 10 rings (SSSR count). The number of nitrogens with one attached hydrogen (secondary N) is 6. The summed E-state index contributed by atoms with van der Waals surface area (Å²) in [5.41, 5.74) is 6.95. The largest absolute Gasteiger partial charge is 0.356 e. The topological polar surface area (TPSA) is 204 Å². The van der Waals surface area contributed by atoms with Gasteiger partial charge in [0.25, 0.3) is 11.8 Å². The second kappa shape index (κ2) is 23.8. The highest BCUT2D eigenvalue weighted by Crippen LogP contribution is 2.33. The van der Waals surface area contributed by atoms with E-state index < -0.39 is 0 Å². The number of carbonyl (C=O) groups is 2. The van der Waals surface area contributed by atoms with E-state index in [9.17, 15) is 9.59 Å². The van der Waals surface area contributed by atoms with Crippen LogP contribution in [-0.4, -0.2) is 116 Å². The fourth-order valence-electron chi connectivity index (χ4n) is 7.82. The fraction of sp³-hybridized carbons (Fsp3) is 0.259. The van der Waals surface area contributed by atoms with Crippen molar-refractivity contribution in [2.24, 2.45) is 0 Å². The molecule has 392 valence electrons. The highest BCUT2D eigenvalue weighted by atomic mass is 32.2. The normalized spacial score (nSPS) is 12.9. The molecule has 4 aromatic carbocycles. The molecular formula is C54H72N16O2S2. The van der Waals surface area contributed by atoms with Crippen LogP contribution in [-0.2, 0) is 13.1 Å². The Kier molecular flexibility index (Phi) is 16.5. The molecule has 8 aromatic rings. The number of amides is 2. The van der Waals surface area contributed by atoms with Crippen LogP contribution in [0.3, 0.4) is 0 Å². The minimum Gasteiger partial charge on any atom is -0.356 e. The number of nitrogens with zero attached hydrogens (tertiary/aromatic N) is 10. The van der Waals surface area contributed by atoms with Gasteiger partial charge < -0.3 is 40.9 Å². The number of anilines is 8. The van der Waals surface area contributed by atoms with E-state index in [1.54, 1.807) is 0 Å². The van der Waals surface area contributed by atoms with Crippen LogP contribution in [0, 0.1) is 13.8 Å². The molecule has 6 heterocycles. The third-order valence-corrected chi connectivity index (χ3v) is 13.5. The van der Waals surface area contributed by atoms with Crippen LogP contribution >= 0.6 is 23.5 Å². The summed E-state index contributed by atoms with van der Waals surface area (Å²) in [6.45, 7) is 9.52. The molecule has 0 spiro atoms. The first kappa shape index (κ1) is 51.1. The fourth-order valence-corrected chi connectivity index (χ4v) is 9.35. The van der Waals surface area contributed by atoms with E-state index in [0.29, 0.717) is 44.7 Å². The monoisotopic (exact) mass is 1040 g/mol. The Morgan fingerprint density at radius 1 is 0.541 bits per heavy atom. The van der Waals surface area contributed by atoms with Crippen LogP contribution in [0.2, 0.25) is 0 Å². The third-order valence-electron chi connectivity index (χ3n) is 11.7. The first-order chi connectivity index (χ1) is 35.8. The summed E-state index contributed by atoms with van der Waals surface area (Å²) in [7, 11) is 8.07. The lowest BCUT2D eigenvalue weighted by atomic mass is 10.1. The Hall–Kier alpha value is -7.78. The summed E-state index contributed by atoms with van der Waals surface area (Å²) >= 11 is 2.96. The average Bonchev–Trinajstić information content (AvgIpc) is 3.94. The quantitative estimate of drug-likeness (QED) is 0.0442. The van der Waals surface area contributed by atoms with Gasteiger partial charge in [-0.3, -0.25) is 19.8 Å². The van der Waals surface area contributed by atoms with Crippen LogP contribution in [0.15, 0.2) is 141 Å². The second-order valence-electron chi connectivity index (χ2n) is 18.6. The van der Waals surface area contributed by atoms with Crippen molar-refractivity contribution in [3.63, 3.8) is 0 Å². The molecule has 0 bridgehead atoms. The lowest BCUT2D eigenvalue weighted by molar-refractivity contribution is 0.101. The van der Waals surface area contributed by atoms with E-state index in [0.717, 1.165) is 89.0 Å². The molecule has 0 aliphatic carbocycles. The van der Waals surface area contributed by atoms with E-state index in [2.05, 4.69) is 61.3 Å². The number of aromatic nitrogens is 8. The number of carbonyl (C=O) groups excluding carboxylic acids is 2. The molecule has 18 nitrogen and oxygen atoms in total.